The van der Waals surface area contributed by atoms with Crippen molar-refractivity contribution < 1.29 is 9.13 Å². The molecule has 2 rings (SSSR count). The Labute approximate surface area is 96.6 Å². The molecule has 1 aliphatic heterocycles. The fourth-order valence-electron chi connectivity index (χ4n) is 1.37. The first kappa shape index (κ1) is 11.4. The van der Waals surface area contributed by atoms with Crippen molar-refractivity contribution >= 4 is 8.07 Å². The lowest BCUT2D eigenvalue weighted by atomic mass is 10.1. The van der Waals surface area contributed by atoms with Gasteiger partial charge in [0.2, 0.25) is 0 Å². The second kappa shape index (κ2) is 4.04. The summed E-state index contributed by atoms with van der Waals surface area (Å²) in [6, 6.07) is 4.93. The molecule has 1 aliphatic rings. The van der Waals surface area contributed by atoms with E-state index in [1.165, 1.54) is 12.1 Å². The zero-order valence-corrected chi connectivity index (χ0v) is 10.8. The maximum Gasteiger partial charge on any atom is 0.129 e. The van der Waals surface area contributed by atoms with Crippen molar-refractivity contribution in [2.24, 2.45) is 0 Å². The van der Waals surface area contributed by atoms with Crippen LogP contribution in [0.3, 0.4) is 0 Å². The summed E-state index contributed by atoms with van der Waals surface area (Å²) in [7, 11) is -1.40. The number of benzene rings is 1. The standard InChI is InChI=1S/C13H15FOSi/c1-16(2,3)5-4-10-6-11(13-9-15-13)8-12(14)7-10/h6-8,13H,9H2,1-3H3. The number of rotatable bonds is 1. The molecule has 0 bridgehead atoms. The second-order valence-corrected chi connectivity index (χ2v) is 9.85. The van der Waals surface area contributed by atoms with E-state index in [1.807, 2.05) is 6.07 Å². The number of hydrogen-bond donors (Lipinski definition) is 0. The Morgan fingerprint density at radius 3 is 2.56 bits per heavy atom. The summed E-state index contributed by atoms with van der Waals surface area (Å²) in [4.78, 5) is 0. The van der Waals surface area contributed by atoms with Crippen LogP contribution in [0.4, 0.5) is 4.39 Å². The fourth-order valence-corrected chi connectivity index (χ4v) is 1.89. The molecule has 3 heteroatoms. The second-order valence-electron chi connectivity index (χ2n) is 5.10. The molecule has 0 saturated carbocycles. The van der Waals surface area contributed by atoms with Gasteiger partial charge in [-0.2, -0.15) is 0 Å². The molecule has 1 nitrogen and oxygen atoms in total. The molecular formula is C13H15FOSi. The van der Waals surface area contributed by atoms with E-state index in [4.69, 9.17) is 4.74 Å². The van der Waals surface area contributed by atoms with Gasteiger partial charge in [0.25, 0.3) is 0 Å². The largest absolute Gasteiger partial charge is 0.368 e. The summed E-state index contributed by atoms with van der Waals surface area (Å²) in [6.45, 7) is 7.21. The average Bonchev–Trinajstić information content (AvgIpc) is 2.95. The van der Waals surface area contributed by atoms with Crippen molar-refractivity contribution in [3.05, 3.63) is 35.1 Å². The molecule has 1 unspecified atom stereocenters. The van der Waals surface area contributed by atoms with Gasteiger partial charge in [0, 0.05) is 5.56 Å². The van der Waals surface area contributed by atoms with E-state index in [2.05, 4.69) is 31.1 Å². The van der Waals surface area contributed by atoms with Crippen molar-refractivity contribution in [3.63, 3.8) is 0 Å². The number of epoxide rings is 1. The number of halogens is 1. The van der Waals surface area contributed by atoms with Crippen molar-refractivity contribution in [3.8, 4) is 11.5 Å². The minimum absolute atomic E-state index is 0.0862. The Balaban J connectivity index is 2.29. The van der Waals surface area contributed by atoms with Crippen molar-refractivity contribution in [2.75, 3.05) is 6.61 Å². The SMILES string of the molecule is C[Si](C)(C)C#Cc1cc(F)cc(C2CO2)c1. The molecule has 0 amide bonds. The van der Waals surface area contributed by atoms with Gasteiger partial charge >= 0.3 is 0 Å². The first-order valence-electron chi connectivity index (χ1n) is 5.39. The fraction of sp³-hybridized carbons (Fsp3) is 0.385. The van der Waals surface area contributed by atoms with Gasteiger partial charge < -0.3 is 4.74 Å². The summed E-state index contributed by atoms with van der Waals surface area (Å²) in [5.41, 5.74) is 4.89. The van der Waals surface area contributed by atoms with Crippen LogP contribution in [0.25, 0.3) is 0 Å². The topological polar surface area (TPSA) is 12.5 Å². The summed E-state index contributed by atoms with van der Waals surface area (Å²) in [5, 5.41) is 0. The van der Waals surface area contributed by atoms with E-state index >= 15 is 0 Å². The maximum absolute atomic E-state index is 13.3. The normalized spacial score (nSPS) is 18.9. The highest BCUT2D eigenvalue weighted by Crippen LogP contribution is 2.30. The van der Waals surface area contributed by atoms with Crippen LogP contribution in [0.5, 0.6) is 0 Å². The predicted molar refractivity (Wildman–Crippen MR) is 65.3 cm³/mol. The minimum Gasteiger partial charge on any atom is -0.368 e. The quantitative estimate of drug-likeness (QED) is 0.413. The lowest BCUT2D eigenvalue weighted by Gasteiger charge is -2.04. The van der Waals surface area contributed by atoms with Crippen molar-refractivity contribution in [1.82, 2.24) is 0 Å². The number of hydrogen-bond acceptors (Lipinski definition) is 1. The molecule has 1 aromatic carbocycles. The van der Waals surface area contributed by atoms with Gasteiger partial charge in [0.1, 0.15) is 20.0 Å². The highest BCUT2D eigenvalue weighted by molar-refractivity contribution is 6.83. The zero-order valence-electron chi connectivity index (χ0n) is 9.80. The first-order valence-corrected chi connectivity index (χ1v) is 8.89. The Hall–Kier alpha value is -1.11. The molecule has 84 valence electrons. The molecule has 1 saturated heterocycles. The summed E-state index contributed by atoms with van der Waals surface area (Å²) >= 11 is 0. The molecule has 0 radical (unpaired) electrons. The van der Waals surface area contributed by atoms with Gasteiger partial charge in [0.15, 0.2) is 0 Å². The van der Waals surface area contributed by atoms with E-state index in [9.17, 15) is 4.39 Å². The summed E-state index contributed by atoms with van der Waals surface area (Å²) < 4.78 is 18.5. The molecule has 16 heavy (non-hydrogen) atoms. The molecule has 1 atom stereocenters. The maximum atomic E-state index is 13.3. The van der Waals surface area contributed by atoms with Crippen LogP contribution >= 0.6 is 0 Å². The van der Waals surface area contributed by atoms with Gasteiger partial charge in [-0.15, -0.1) is 5.54 Å². The van der Waals surface area contributed by atoms with E-state index in [-0.39, 0.29) is 11.9 Å². The Morgan fingerprint density at radius 1 is 1.31 bits per heavy atom. The number of ether oxygens (including phenoxy) is 1. The van der Waals surface area contributed by atoms with Gasteiger partial charge in [-0.05, 0) is 23.8 Å². The van der Waals surface area contributed by atoms with Crippen molar-refractivity contribution in [1.29, 1.82) is 0 Å². The van der Waals surface area contributed by atoms with E-state index in [0.717, 1.165) is 11.1 Å². The molecule has 1 aromatic rings. The van der Waals surface area contributed by atoms with Crippen molar-refractivity contribution in [2.45, 2.75) is 25.7 Å². The van der Waals surface area contributed by atoms with Crippen LogP contribution in [0.15, 0.2) is 18.2 Å². The van der Waals surface area contributed by atoms with Gasteiger partial charge in [-0.1, -0.05) is 25.6 Å². The third-order valence-electron chi connectivity index (χ3n) is 2.21. The Morgan fingerprint density at radius 2 is 2.00 bits per heavy atom. The zero-order chi connectivity index (χ0) is 11.8. The van der Waals surface area contributed by atoms with Crippen LogP contribution in [0, 0.1) is 17.3 Å². The summed E-state index contributed by atoms with van der Waals surface area (Å²) in [5.74, 6) is 2.84. The van der Waals surface area contributed by atoms with Crippen LogP contribution in [-0.2, 0) is 4.74 Å². The van der Waals surface area contributed by atoms with Gasteiger partial charge in [0.05, 0.1) is 6.61 Å². The van der Waals surface area contributed by atoms with E-state index < -0.39 is 8.07 Å². The van der Waals surface area contributed by atoms with Crippen LogP contribution < -0.4 is 0 Å². The first-order chi connectivity index (χ1) is 7.44. The van der Waals surface area contributed by atoms with Crippen LogP contribution in [0.2, 0.25) is 19.6 Å². The lowest BCUT2D eigenvalue weighted by Crippen LogP contribution is -2.16. The van der Waals surface area contributed by atoms with E-state index in [0.29, 0.717) is 6.61 Å². The minimum atomic E-state index is -1.40. The monoisotopic (exact) mass is 234 g/mol. The molecule has 0 spiro atoms. The summed E-state index contributed by atoms with van der Waals surface area (Å²) in [6.07, 6.45) is 0.0862. The Bertz CT molecular complexity index is 461. The van der Waals surface area contributed by atoms with Gasteiger partial charge in [-0.25, -0.2) is 4.39 Å². The third-order valence-corrected chi connectivity index (χ3v) is 3.08. The Kier molecular flexibility index (Phi) is 2.87. The van der Waals surface area contributed by atoms with Crippen LogP contribution in [0.1, 0.15) is 17.2 Å². The van der Waals surface area contributed by atoms with Gasteiger partial charge in [-0.3, -0.25) is 0 Å². The predicted octanol–water partition coefficient (Wildman–Crippen LogP) is 3.13. The molecule has 0 N–H and O–H groups in total. The molecule has 1 heterocycles. The van der Waals surface area contributed by atoms with Crippen LogP contribution in [-0.4, -0.2) is 14.7 Å². The molecule has 0 aromatic heterocycles. The lowest BCUT2D eigenvalue weighted by molar-refractivity contribution is 0.414. The highest BCUT2D eigenvalue weighted by Gasteiger charge is 2.25. The van der Waals surface area contributed by atoms with E-state index in [1.54, 1.807) is 0 Å². The molecule has 1 fully saturated rings. The molecule has 0 aliphatic carbocycles. The smallest absolute Gasteiger partial charge is 0.129 e. The average molecular weight is 234 g/mol. The third kappa shape index (κ3) is 3.19. The highest BCUT2D eigenvalue weighted by atomic mass is 28.3. The molecular weight excluding hydrogens is 219 g/mol.